The molecule has 0 heterocycles. The Morgan fingerprint density at radius 1 is 1.21 bits per heavy atom. The molecular weight excluding hydrogens is 236 g/mol. The highest BCUT2D eigenvalue weighted by Crippen LogP contribution is 2.21. The topological polar surface area (TPSA) is 18.5 Å². The van der Waals surface area contributed by atoms with E-state index in [1.807, 2.05) is 44.2 Å². The van der Waals surface area contributed by atoms with Crippen molar-refractivity contribution in [3.63, 3.8) is 0 Å². The van der Waals surface area contributed by atoms with Gasteiger partial charge in [-0.1, -0.05) is 51.0 Å². The lowest BCUT2D eigenvalue weighted by molar-refractivity contribution is -0.156. The lowest BCUT2D eigenvalue weighted by atomic mass is 10.2. The summed E-state index contributed by atoms with van der Waals surface area (Å²) in [4.78, 5) is 0. The van der Waals surface area contributed by atoms with Gasteiger partial charge in [-0.15, -0.1) is 0 Å². The lowest BCUT2D eigenvalue weighted by Crippen LogP contribution is -2.32. The molecule has 0 saturated carbocycles. The van der Waals surface area contributed by atoms with Crippen LogP contribution in [0.3, 0.4) is 0 Å². The zero-order valence-corrected chi connectivity index (χ0v) is 12.4. The Labute approximate surface area is 117 Å². The first-order chi connectivity index (χ1) is 9.07. The molecule has 19 heavy (non-hydrogen) atoms. The van der Waals surface area contributed by atoms with Crippen LogP contribution in [0.15, 0.2) is 30.8 Å². The summed E-state index contributed by atoms with van der Waals surface area (Å²) in [5.41, 5.74) is 1.05. The fraction of sp³-hybridized carbons (Fsp3) is 0.529. The van der Waals surface area contributed by atoms with Crippen molar-refractivity contribution in [1.29, 1.82) is 0 Å². The summed E-state index contributed by atoms with van der Waals surface area (Å²) >= 11 is 0. The highest BCUT2D eigenvalue weighted by Gasteiger charge is 2.20. The molecule has 0 fully saturated rings. The van der Waals surface area contributed by atoms with Gasteiger partial charge in [0.2, 0.25) is 5.79 Å². The van der Waals surface area contributed by atoms with Gasteiger partial charge in [0.25, 0.3) is 0 Å². The number of hydrogen-bond acceptors (Lipinski definition) is 2. The molecule has 0 amide bonds. The maximum atomic E-state index is 5.88. The number of benzene rings is 1. The van der Waals surface area contributed by atoms with Gasteiger partial charge in [0.15, 0.2) is 0 Å². The molecule has 0 aliphatic heterocycles. The molecule has 106 valence electrons. The van der Waals surface area contributed by atoms with E-state index in [4.69, 9.17) is 9.47 Å². The zero-order chi connectivity index (χ0) is 14.1. The molecule has 0 unspecified atom stereocenters. The van der Waals surface area contributed by atoms with Crippen molar-refractivity contribution in [3.8, 4) is 5.75 Å². The highest BCUT2D eigenvalue weighted by atomic mass is 16.7. The minimum atomic E-state index is -0.591. The molecule has 1 aromatic carbocycles. The van der Waals surface area contributed by atoms with Crippen LogP contribution in [0.4, 0.5) is 0 Å². The molecule has 0 spiro atoms. The third-order valence-corrected chi connectivity index (χ3v) is 2.90. The maximum Gasteiger partial charge on any atom is 0.204 e. The first kappa shape index (κ1) is 15.8. The molecule has 1 aromatic rings. The number of hydrogen-bond donors (Lipinski definition) is 0. The molecule has 0 atom stereocenters. The van der Waals surface area contributed by atoms with E-state index in [0.717, 1.165) is 24.3 Å². The van der Waals surface area contributed by atoms with Crippen LogP contribution in [0, 0.1) is 0 Å². The second-order valence-corrected chi connectivity index (χ2v) is 5.19. The van der Waals surface area contributed by atoms with Crippen LogP contribution in [0.2, 0.25) is 0 Å². The normalized spacial score (nSPS) is 11.3. The summed E-state index contributed by atoms with van der Waals surface area (Å²) in [7, 11) is 0. The van der Waals surface area contributed by atoms with Crippen molar-refractivity contribution in [2.24, 2.45) is 0 Å². The molecule has 0 bridgehead atoms. The fourth-order valence-corrected chi connectivity index (χ4v) is 1.87. The van der Waals surface area contributed by atoms with Crippen molar-refractivity contribution in [1.82, 2.24) is 0 Å². The molecular formula is C17H26O2. The summed E-state index contributed by atoms with van der Waals surface area (Å²) in [6.45, 7) is 10.6. The lowest BCUT2D eigenvalue weighted by Gasteiger charge is -2.26. The van der Waals surface area contributed by atoms with Crippen molar-refractivity contribution in [2.45, 2.75) is 52.2 Å². The summed E-state index contributed by atoms with van der Waals surface area (Å²) in [6, 6.07) is 7.87. The van der Waals surface area contributed by atoms with E-state index in [1.54, 1.807) is 0 Å². The first-order valence-corrected chi connectivity index (χ1v) is 7.13. The van der Waals surface area contributed by atoms with Gasteiger partial charge < -0.3 is 9.47 Å². The molecule has 2 nitrogen and oxygen atoms in total. The van der Waals surface area contributed by atoms with Gasteiger partial charge >= 0.3 is 0 Å². The monoisotopic (exact) mass is 262 g/mol. The van der Waals surface area contributed by atoms with Crippen LogP contribution in [0.1, 0.15) is 52.0 Å². The van der Waals surface area contributed by atoms with E-state index in [2.05, 4.69) is 13.5 Å². The second-order valence-electron chi connectivity index (χ2n) is 5.19. The largest absolute Gasteiger partial charge is 0.463 e. The highest BCUT2D eigenvalue weighted by molar-refractivity contribution is 5.49. The van der Waals surface area contributed by atoms with Gasteiger partial charge in [-0.05, 0) is 24.1 Å². The Morgan fingerprint density at radius 3 is 2.68 bits per heavy atom. The van der Waals surface area contributed by atoms with E-state index in [9.17, 15) is 0 Å². The molecule has 0 saturated heterocycles. The van der Waals surface area contributed by atoms with Crippen LogP contribution in [-0.4, -0.2) is 12.4 Å². The van der Waals surface area contributed by atoms with Crippen molar-refractivity contribution >= 4 is 6.08 Å². The summed E-state index contributed by atoms with van der Waals surface area (Å²) < 4.78 is 11.7. The molecule has 0 aliphatic rings. The van der Waals surface area contributed by atoms with Crippen LogP contribution in [0.25, 0.3) is 6.08 Å². The number of ether oxygens (including phenoxy) is 2. The average molecular weight is 262 g/mol. The van der Waals surface area contributed by atoms with Gasteiger partial charge in [-0.3, -0.25) is 0 Å². The molecule has 2 heteroatoms. The molecule has 0 radical (unpaired) electrons. The Kier molecular flexibility index (Phi) is 6.65. The van der Waals surface area contributed by atoms with Gasteiger partial charge in [-0.2, -0.15) is 0 Å². The van der Waals surface area contributed by atoms with E-state index in [1.165, 1.54) is 19.3 Å². The summed E-state index contributed by atoms with van der Waals surface area (Å²) in [6.07, 6.45) is 6.64. The Morgan fingerprint density at radius 2 is 2.00 bits per heavy atom. The summed E-state index contributed by atoms with van der Waals surface area (Å²) in [5, 5.41) is 0. The van der Waals surface area contributed by atoms with Crippen LogP contribution in [-0.2, 0) is 4.74 Å². The molecule has 0 N–H and O–H groups in total. The predicted molar refractivity (Wildman–Crippen MR) is 81.3 cm³/mol. The summed E-state index contributed by atoms with van der Waals surface area (Å²) in [5.74, 6) is 0.224. The second kappa shape index (κ2) is 8.00. The third-order valence-electron chi connectivity index (χ3n) is 2.90. The van der Waals surface area contributed by atoms with Crippen molar-refractivity contribution in [3.05, 3.63) is 36.4 Å². The van der Waals surface area contributed by atoms with E-state index < -0.39 is 5.79 Å². The van der Waals surface area contributed by atoms with Crippen LogP contribution < -0.4 is 4.74 Å². The van der Waals surface area contributed by atoms with Crippen molar-refractivity contribution < 1.29 is 9.47 Å². The van der Waals surface area contributed by atoms with Gasteiger partial charge in [0, 0.05) is 13.8 Å². The minimum absolute atomic E-state index is 0.591. The third kappa shape index (κ3) is 6.44. The van der Waals surface area contributed by atoms with Crippen LogP contribution >= 0.6 is 0 Å². The van der Waals surface area contributed by atoms with Crippen LogP contribution in [0.5, 0.6) is 5.75 Å². The van der Waals surface area contributed by atoms with E-state index in [-0.39, 0.29) is 0 Å². The Bertz CT molecular complexity index is 383. The number of unbranched alkanes of at least 4 members (excludes halogenated alkanes) is 3. The minimum Gasteiger partial charge on any atom is -0.463 e. The zero-order valence-electron chi connectivity index (χ0n) is 12.4. The number of rotatable bonds is 9. The van der Waals surface area contributed by atoms with Gasteiger partial charge in [0.1, 0.15) is 5.75 Å². The first-order valence-electron chi connectivity index (χ1n) is 7.13. The van der Waals surface area contributed by atoms with Gasteiger partial charge in [0.05, 0.1) is 6.61 Å². The molecule has 0 aromatic heterocycles. The van der Waals surface area contributed by atoms with E-state index in [0.29, 0.717) is 0 Å². The Balaban J connectivity index is 2.42. The average Bonchev–Trinajstić information content (AvgIpc) is 2.38. The standard InChI is InChI=1S/C17H26O2/c1-5-7-8-9-13-18-17(3,4)19-16-12-10-11-15(6-2)14-16/h6,10-12,14H,2,5,7-9,13H2,1,3-4H3. The molecule has 1 rings (SSSR count). The van der Waals surface area contributed by atoms with E-state index >= 15 is 0 Å². The predicted octanol–water partition coefficient (Wildman–Crippen LogP) is 5.04. The fourth-order valence-electron chi connectivity index (χ4n) is 1.87. The smallest absolute Gasteiger partial charge is 0.204 e. The quantitative estimate of drug-likeness (QED) is 0.458. The maximum absolute atomic E-state index is 5.88. The SMILES string of the molecule is C=Cc1cccc(OC(C)(C)OCCCCCC)c1. The van der Waals surface area contributed by atoms with Gasteiger partial charge in [-0.25, -0.2) is 0 Å². The Hall–Kier alpha value is -1.28. The van der Waals surface area contributed by atoms with Crippen molar-refractivity contribution in [2.75, 3.05) is 6.61 Å². The molecule has 0 aliphatic carbocycles.